The fourth-order valence-electron chi connectivity index (χ4n) is 3.60. The fourth-order valence-corrected chi connectivity index (χ4v) is 4.04. The molecule has 2 saturated heterocycles. The quantitative estimate of drug-likeness (QED) is 0.476. The van der Waals surface area contributed by atoms with Gasteiger partial charge in [0.2, 0.25) is 5.91 Å². The summed E-state index contributed by atoms with van der Waals surface area (Å²) in [7, 11) is 0. The first kappa shape index (κ1) is 15.3. The summed E-state index contributed by atoms with van der Waals surface area (Å²) in [5.74, 6) is 0.0942. The number of carbonyl (C=O) groups is 1. The first-order valence-corrected chi connectivity index (χ1v) is 8.18. The predicted octanol–water partition coefficient (Wildman–Crippen LogP) is 3.46. The van der Waals surface area contributed by atoms with Crippen molar-refractivity contribution < 1.29 is 9.72 Å². The van der Waals surface area contributed by atoms with E-state index >= 15 is 0 Å². The zero-order chi connectivity index (χ0) is 15.7. The molecule has 0 aromatic heterocycles. The molecule has 2 fully saturated rings. The van der Waals surface area contributed by atoms with Crippen molar-refractivity contribution in [2.24, 2.45) is 0 Å². The summed E-state index contributed by atoms with van der Waals surface area (Å²) in [6, 6.07) is 6.70. The molecule has 2 aliphatic rings. The molecule has 5 nitrogen and oxygen atoms in total. The van der Waals surface area contributed by atoms with Gasteiger partial charge < -0.3 is 4.90 Å². The number of fused-ring (bicyclic) bond motifs is 1. The summed E-state index contributed by atoms with van der Waals surface area (Å²) >= 11 is 6.60. The van der Waals surface area contributed by atoms with Crippen LogP contribution in [-0.2, 0) is 4.79 Å². The Morgan fingerprint density at radius 1 is 1.23 bits per heavy atom. The second-order valence-corrected chi connectivity index (χ2v) is 6.71. The maximum absolute atomic E-state index is 12.5. The van der Waals surface area contributed by atoms with Crippen molar-refractivity contribution in [2.45, 2.75) is 49.4 Å². The van der Waals surface area contributed by atoms with Crippen LogP contribution in [0.4, 0.5) is 5.69 Å². The number of alkyl halides is 1. The number of nitro groups is 1. The third-order valence-electron chi connectivity index (χ3n) is 4.81. The van der Waals surface area contributed by atoms with Gasteiger partial charge in [0.1, 0.15) is 0 Å². The van der Waals surface area contributed by atoms with Crippen molar-refractivity contribution in [3.05, 3.63) is 39.9 Å². The maximum atomic E-state index is 12.5. The number of nitro benzene ring substituents is 1. The van der Waals surface area contributed by atoms with Crippen LogP contribution >= 0.6 is 11.6 Å². The number of carbonyl (C=O) groups excluding carboxylic acids is 1. The standard InChI is InChI=1S/C16H19ClN2O3/c17-15-9-13-3-1-2-8-18(13)16(20)10-14(15)11-4-6-12(7-5-11)19(21)22/h4-7,13-15H,1-3,8-10H2. The number of halogens is 1. The van der Waals surface area contributed by atoms with Crippen molar-refractivity contribution in [3.8, 4) is 0 Å². The van der Waals surface area contributed by atoms with E-state index in [9.17, 15) is 14.9 Å². The van der Waals surface area contributed by atoms with Gasteiger partial charge >= 0.3 is 0 Å². The Morgan fingerprint density at radius 3 is 2.64 bits per heavy atom. The summed E-state index contributed by atoms with van der Waals surface area (Å²) in [6.45, 7) is 0.833. The number of amides is 1. The van der Waals surface area contributed by atoms with E-state index in [2.05, 4.69) is 0 Å². The minimum atomic E-state index is -0.416. The van der Waals surface area contributed by atoms with Crippen molar-refractivity contribution >= 4 is 23.2 Å². The van der Waals surface area contributed by atoms with Gasteiger partial charge in [0, 0.05) is 42.4 Å². The van der Waals surface area contributed by atoms with Crippen LogP contribution in [0.3, 0.4) is 0 Å². The highest BCUT2D eigenvalue weighted by molar-refractivity contribution is 6.21. The molecule has 1 amide bonds. The molecule has 0 N–H and O–H groups in total. The van der Waals surface area contributed by atoms with Gasteiger partial charge in [-0.1, -0.05) is 12.1 Å². The van der Waals surface area contributed by atoms with Crippen LogP contribution < -0.4 is 0 Å². The lowest BCUT2D eigenvalue weighted by Gasteiger charge is -2.34. The molecular formula is C16H19ClN2O3. The predicted molar refractivity (Wildman–Crippen MR) is 84.1 cm³/mol. The SMILES string of the molecule is O=C1CC(c2ccc([N+](=O)[O-])cc2)C(Cl)CC2CCCCN12. The molecule has 0 bridgehead atoms. The van der Waals surface area contributed by atoms with Gasteiger partial charge in [-0.05, 0) is 31.2 Å². The maximum Gasteiger partial charge on any atom is 0.269 e. The Hall–Kier alpha value is -1.62. The minimum Gasteiger partial charge on any atom is -0.340 e. The lowest BCUT2D eigenvalue weighted by molar-refractivity contribution is -0.384. The molecule has 118 valence electrons. The van der Waals surface area contributed by atoms with E-state index in [4.69, 9.17) is 11.6 Å². The van der Waals surface area contributed by atoms with Gasteiger partial charge in [0.25, 0.3) is 5.69 Å². The van der Waals surface area contributed by atoms with E-state index in [1.165, 1.54) is 12.1 Å². The number of nitrogens with zero attached hydrogens (tertiary/aromatic N) is 2. The summed E-state index contributed by atoms with van der Waals surface area (Å²) in [6.07, 6.45) is 4.44. The Kier molecular flexibility index (Phi) is 4.34. The molecular weight excluding hydrogens is 304 g/mol. The molecule has 22 heavy (non-hydrogen) atoms. The zero-order valence-electron chi connectivity index (χ0n) is 12.3. The molecule has 3 unspecified atom stereocenters. The second-order valence-electron chi connectivity index (χ2n) is 6.15. The van der Waals surface area contributed by atoms with Gasteiger partial charge in [-0.15, -0.1) is 11.6 Å². The Labute approximate surface area is 134 Å². The number of rotatable bonds is 2. The van der Waals surface area contributed by atoms with Crippen molar-refractivity contribution in [1.82, 2.24) is 4.90 Å². The van der Waals surface area contributed by atoms with Crippen molar-refractivity contribution in [3.63, 3.8) is 0 Å². The molecule has 3 atom stereocenters. The van der Waals surface area contributed by atoms with Crippen molar-refractivity contribution in [2.75, 3.05) is 6.54 Å². The Morgan fingerprint density at radius 2 is 1.95 bits per heavy atom. The fraction of sp³-hybridized carbons (Fsp3) is 0.562. The number of benzene rings is 1. The molecule has 3 rings (SSSR count). The number of hydrogen-bond acceptors (Lipinski definition) is 3. The van der Waals surface area contributed by atoms with Gasteiger partial charge in [-0.3, -0.25) is 14.9 Å². The van der Waals surface area contributed by atoms with Gasteiger partial charge in [0.05, 0.1) is 4.92 Å². The molecule has 2 heterocycles. The average Bonchev–Trinajstić information content (AvgIpc) is 2.64. The first-order valence-electron chi connectivity index (χ1n) is 7.74. The highest BCUT2D eigenvalue weighted by Gasteiger charge is 2.37. The van der Waals surface area contributed by atoms with Crippen LogP contribution in [0.25, 0.3) is 0 Å². The summed E-state index contributed by atoms with van der Waals surface area (Å²) in [5.41, 5.74) is 0.978. The second kappa shape index (κ2) is 6.24. The number of piperidine rings is 1. The number of hydrogen-bond donors (Lipinski definition) is 0. The monoisotopic (exact) mass is 322 g/mol. The first-order chi connectivity index (χ1) is 10.6. The van der Waals surface area contributed by atoms with Gasteiger partial charge in [-0.25, -0.2) is 0 Å². The van der Waals surface area contributed by atoms with E-state index in [0.29, 0.717) is 6.42 Å². The van der Waals surface area contributed by atoms with Gasteiger partial charge in [0.15, 0.2) is 0 Å². The lowest BCUT2D eigenvalue weighted by Crippen LogP contribution is -2.42. The van der Waals surface area contributed by atoms with Crippen LogP contribution in [0, 0.1) is 10.1 Å². The van der Waals surface area contributed by atoms with Crippen LogP contribution in [0.2, 0.25) is 0 Å². The highest BCUT2D eigenvalue weighted by Crippen LogP contribution is 2.37. The lowest BCUT2D eigenvalue weighted by atomic mass is 9.89. The van der Waals surface area contributed by atoms with Crippen molar-refractivity contribution in [1.29, 1.82) is 0 Å². The number of non-ortho nitro benzene ring substituents is 1. The highest BCUT2D eigenvalue weighted by atomic mass is 35.5. The van der Waals surface area contributed by atoms with Crippen LogP contribution in [0.5, 0.6) is 0 Å². The smallest absolute Gasteiger partial charge is 0.269 e. The largest absolute Gasteiger partial charge is 0.340 e. The molecule has 0 saturated carbocycles. The zero-order valence-corrected chi connectivity index (χ0v) is 13.0. The Bertz CT molecular complexity index is 575. The van der Waals surface area contributed by atoms with Crippen LogP contribution in [0.1, 0.15) is 43.6 Å². The molecule has 6 heteroatoms. The molecule has 2 aliphatic heterocycles. The molecule has 1 aromatic carbocycles. The summed E-state index contributed by atoms with van der Waals surface area (Å²) < 4.78 is 0. The normalized spacial score (nSPS) is 28.9. The van der Waals surface area contributed by atoms with Crippen LogP contribution in [0.15, 0.2) is 24.3 Å². The molecule has 0 radical (unpaired) electrons. The molecule has 1 aromatic rings. The average molecular weight is 323 g/mol. The molecule has 0 spiro atoms. The molecule has 0 aliphatic carbocycles. The topological polar surface area (TPSA) is 63.4 Å². The third kappa shape index (κ3) is 2.95. The summed E-state index contributed by atoms with van der Waals surface area (Å²) in [4.78, 5) is 24.8. The Balaban J connectivity index is 1.83. The van der Waals surface area contributed by atoms with E-state index in [1.807, 2.05) is 4.90 Å². The van der Waals surface area contributed by atoms with E-state index in [1.54, 1.807) is 12.1 Å². The third-order valence-corrected chi connectivity index (χ3v) is 5.29. The van der Waals surface area contributed by atoms with E-state index in [0.717, 1.165) is 37.8 Å². The van der Waals surface area contributed by atoms with Crippen LogP contribution in [-0.4, -0.2) is 33.7 Å². The van der Waals surface area contributed by atoms with E-state index in [-0.39, 0.29) is 28.9 Å². The van der Waals surface area contributed by atoms with Gasteiger partial charge in [-0.2, -0.15) is 0 Å². The summed E-state index contributed by atoms with van der Waals surface area (Å²) in [5, 5.41) is 10.6. The van der Waals surface area contributed by atoms with E-state index < -0.39 is 4.92 Å². The minimum absolute atomic E-state index is 0.0623.